The predicted octanol–water partition coefficient (Wildman–Crippen LogP) is 4.42. The van der Waals surface area contributed by atoms with Crippen molar-refractivity contribution in [1.82, 2.24) is 0 Å². The van der Waals surface area contributed by atoms with Gasteiger partial charge in [-0.3, -0.25) is 0 Å². The van der Waals surface area contributed by atoms with E-state index >= 15 is 0 Å². The highest BCUT2D eigenvalue weighted by Gasteiger charge is 2.06. The van der Waals surface area contributed by atoms with Crippen molar-refractivity contribution in [3.8, 4) is 17.1 Å². The van der Waals surface area contributed by atoms with E-state index in [1.807, 2.05) is 30.3 Å². The van der Waals surface area contributed by atoms with Crippen molar-refractivity contribution in [2.24, 2.45) is 0 Å². The number of ether oxygens (including phenoxy) is 1. The molecule has 0 N–H and O–H groups in total. The third kappa shape index (κ3) is 1.86. The molecule has 0 bridgehead atoms. The van der Waals surface area contributed by atoms with Crippen molar-refractivity contribution in [3.05, 3.63) is 54.1 Å². The molecular weight excluding hydrogens is 224 g/mol. The standard InChI is InChI=1S/C16H14O2/c1-11-3-8-15-13(9-11)10-16(18-15)12-4-6-14(17-2)7-5-12/h3-10H,1-2H3. The summed E-state index contributed by atoms with van der Waals surface area (Å²) in [6.45, 7) is 2.08. The lowest BCUT2D eigenvalue weighted by Gasteiger charge is -2.00. The van der Waals surface area contributed by atoms with Crippen LogP contribution in [0, 0.1) is 6.92 Å². The molecule has 0 spiro atoms. The van der Waals surface area contributed by atoms with E-state index in [1.54, 1.807) is 7.11 Å². The number of benzene rings is 2. The van der Waals surface area contributed by atoms with Gasteiger partial charge in [0.05, 0.1) is 7.11 Å². The van der Waals surface area contributed by atoms with Crippen molar-refractivity contribution in [2.75, 3.05) is 7.11 Å². The first-order valence-electron chi connectivity index (χ1n) is 5.91. The number of furan rings is 1. The van der Waals surface area contributed by atoms with Gasteiger partial charge in [0.15, 0.2) is 0 Å². The highest BCUT2D eigenvalue weighted by atomic mass is 16.5. The second-order valence-corrected chi connectivity index (χ2v) is 4.38. The summed E-state index contributed by atoms with van der Waals surface area (Å²) < 4.78 is 11.0. The van der Waals surface area contributed by atoms with Gasteiger partial charge >= 0.3 is 0 Å². The Hall–Kier alpha value is -2.22. The van der Waals surface area contributed by atoms with Crippen molar-refractivity contribution >= 4 is 11.0 Å². The van der Waals surface area contributed by atoms with Crippen LogP contribution in [-0.2, 0) is 0 Å². The lowest BCUT2D eigenvalue weighted by atomic mass is 10.1. The van der Waals surface area contributed by atoms with Gasteiger partial charge in [-0.05, 0) is 49.4 Å². The Bertz CT molecular complexity index is 678. The normalized spacial score (nSPS) is 10.8. The van der Waals surface area contributed by atoms with E-state index < -0.39 is 0 Å². The largest absolute Gasteiger partial charge is 0.497 e. The van der Waals surface area contributed by atoms with E-state index in [9.17, 15) is 0 Å². The summed E-state index contributed by atoms with van der Waals surface area (Å²) in [5, 5.41) is 1.14. The van der Waals surface area contributed by atoms with Gasteiger partial charge in [0.25, 0.3) is 0 Å². The highest BCUT2D eigenvalue weighted by molar-refractivity contribution is 5.83. The number of fused-ring (bicyclic) bond motifs is 1. The van der Waals surface area contributed by atoms with E-state index in [0.29, 0.717) is 0 Å². The molecule has 0 aliphatic carbocycles. The van der Waals surface area contributed by atoms with E-state index in [2.05, 4.69) is 25.1 Å². The minimum Gasteiger partial charge on any atom is -0.497 e. The van der Waals surface area contributed by atoms with Crippen molar-refractivity contribution in [1.29, 1.82) is 0 Å². The number of aryl methyl sites for hydroxylation is 1. The maximum absolute atomic E-state index is 5.84. The van der Waals surface area contributed by atoms with Gasteiger partial charge in [0.2, 0.25) is 0 Å². The first-order valence-corrected chi connectivity index (χ1v) is 5.91. The van der Waals surface area contributed by atoms with Gasteiger partial charge in [-0.15, -0.1) is 0 Å². The summed E-state index contributed by atoms with van der Waals surface area (Å²) in [5.41, 5.74) is 3.22. The number of methoxy groups -OCH3 is 1. The fraction of sp³-hybridized carbons (Fsp3) is 0.125. The lowest BCUT2D eigenvalue weighted by molar-refractivity contribution is 0.415. The third-order valence-corrected chi connectivity index (χ3v) is 3.05. The first-order chi connectivity index (χ1) is 8.76. The lowest BCUT2D eigenvalue weighted by Crippen LogP contribution is -1.81. The number of hydrogen-bond acceptors (Lipinski definition) is 2. The zero-order valence-electron chi connectivity index (χ0n) is 10.4. The van der Waals surface area contributed by atoms with Crippen molar-refractivity contribution < 1.29 is 9.15 Å². The molecule has 18 heavy (non-hydrogen) atoms. The fourth-order valence-corrected chi connectivity index (χ4v) is 2.06. The molecule has 0 atom stereocenters. The molecule has 2 aromatic carbocycles. The average Bonchev–Trinajstić information content (AvgIpc) is 2.81. The van der Waals surface area contributed by atoms with Crippen LogP contribution in [0.5, 0.6) is 5.75 Å². The van der Waals surface area contributed by atoms with Gasteiger partial charge in [-0.1, -0.05) is 11.6 Å². The maximum atomic E-state index is 5.84. The number of hydrogen-bond donors (Lipinski definition) is 0. The van der Waals surface area contributed by atoms with Crippen LogP contribution in [0.15, 0.2) is 52.9 Å². The summed E-state index contributed by atoms with van der Waals surface area (Å²) in [7, 11) is 1.67. The predicted molar refractivity (Wildman–Crippen MR) is 72.9 cm³/mol. The molecule has 0 amide bonds. The summed E-state index contributed by atoms with van der Waals surface area (Å²) in [4.78, 5) is 0. The Balaban J connectivity index is 2.07. The molecule has 1 heterocycles. The van der Waals surface area contributed by atoms with Crippen LogP contribution in [0.2, 0.25) is 0 Å². The Labute approximate surface area is 106 Å². The third-order valence-electron chi connectivity index (χ3n) is 3.05. The summed E-state index contributed by atoms with van der Waals surface area (Å²) in [6, 6.07) is 16.2. The minimum atomic E-state index is 0.853. The van der Waals surface area contributed by atoms with Crippen LogP contribution in [0.25, 0.3) is 22.3 Å². The Kier molecular flexibility index (Phi) is 2.56. The highest BCUT2D eigenvalue weighted by Crippen LogP contribution is 2.29. The van der Waals surface area contributed by atoms with Crippen molar-refractivity contribution in [2.45, 2.75) is 6.92 Å². The summed E-state index contributed by atoms with van der Waals surface area (Å²) in [6.07, 6.45) is 0. The molecule has 2 nitrogen and oxygen atoms in total. The van der Waals surface area contributed by atoms with Crippen LogP contribution < -0.4 is 4.74 Å². The zero-order chi connectivity index (χ0) is 12.5. The van der Waals surface area contributed by atoms with Gasteiger partial charge in [0, 0.05) is 10.9 Å². The van der Waals surface area contributed by atoms with Crippen LogP contribution in [0.4, 0.5) is 0 Å². The van der Waals surface area contributed by atoms with E-state index in [1.165, 1.54) is 5.56 Å². The van der Waals surface area contributed by atoms with E-state index in [4.69, 9.17) is 9.15 Å². The second-order valence-electron chi connectivity index (χ2n) is 4.38. The molecule has 0 radical (unpaired) electrons. The topological polar surface area (TPSA) is 22.4 Å². The van der Waals surface area contributed by atoms with Gasteiger partial charge in [-0.25, -0.2) is 0 Å². The summed E-state index contributed by atoms with van der Waals surface area (Å²) in [5.74, 6) is 1.74. The summed E-state index contributed by atoms with van der Waals surface area (Å²) >= 11 is 0. The molecule has 0 unspecified atom stereocenters. The molecule has 90 valence electrons. The van der Waals surface area contributed by atoms with Crippen LogP contribution in [0.3, 0.4) is 0 Å². The van der Waals surface area contributed by atoms with Gasteiger partial charge in [0.1, 0.15) is 17.1 Å². The Morgan fingerprint density at radius 1 is 0.944 bits per heavy atom. The fourth-order valence-electron chi connectivity index (χ4n) is 2.06. The van der Waals surface area contributed by atoms with E-state index in [0.717, 1.165) is 28.0 Å². The van der Waals surface area contributed by atoms with Crippen LogP contribution in [0.1, 0.15) is 5.56 Å². The Morgan fingerprint density at radius 3 is 2.44 bits per heavy atom. The molecule has 0 fully saturated rings. The molecule has 0 saturated heterocycles. The number of rotatable bonds is 2. The molecule has 3 rings (SSSR count). The SMILES string of the molecule is COc1ccc(-c2cc3cc(C)ccc3o2)cc1. The molecule has 0 aliphatic heterocycles. The van der Waals surface area contributed by atoms with Crippen molar-refractivity contribution in [3.63, 3.8) is 0 Å². The molecule has 0 aliphatic rings. The van der Waals surface area contributed by atoms with Crippen LogP contribution in [-0.4, -0.2) is 7.11 Å². The second kappa shape index (κ2) is 4.22. The monoisotopic (exact) mass is 238 g/mol. The van der Waals surface area contributed by atoms with E-state index in [-0.39, 0.29) is 0 Å². The quantitative estimate of drug-likeness (QED) is 0.659. The van der Waals surface area contributed by atoms with Crippen LogP contribution >= 0.6 is 0 Å². The molecule has 0 saturated carbocycles. The molecule has 2 heteroatoms. The van der Waals surface area contributed by atoms with Gasteiger partial charge < -0.3 is 9.15 Å². The minimum absolute atomic E-state index is 0.853. The maximum Gasteiger partial charge on any atom is 0.135 e. The average molecular weight is 238 g/mol. The zero-order valence-corrected chi connectivity index (χ0v) is 10.4. The smallest absolute Gasteiger partial charge is 0.135 e. The molecule has 1 aromatic heterocycles. The van der Waals surface area contributed by atoms with Gasteiger partial charge in [-0.2, -0.15) is 0 Å². The first kappa shape index (κ1) is 10.9. The molecule has 3 aromatic rings. The molecular formula is C16H14O2. The Morgan fingerprint density at radius 2 is 1.72 bits per heavy atom.